The number of carbonyl (C=O) groups is 1. The largest absolute Gasteiger partial charge is 0.322 e. The van der Waals surface area contributed by atoms with Gasteiger partial charge in [-0.25, -0.2) is 0 Å². The van der Waals surface area contributed by atoms with Gasteiger partial charge in [0.05, 0.1) is 0 Å². The molecule has 0 aliphatic carbocycles. The number of halogens is 3. The molecule has 0 saturated heterocycles. The molecule has 0 heterocycles. The van der Waals surface area contributed by atoms with Crippen LogP contribution in [0.5, 0.6) is 0 Å². The van der Waals surface area contributed by atoms with Crippen LogP contribution in [0.2, 0.25) is 0 Å². The maximum Gasteiger partial charge on any atom is 0.288 e. The van der Waals surface area contributed by atoms with E-state index in [2.05, 4.69) is 21.2 Å². The summed E-state index contributed by atoms with van der Waals surface area (Å²) in [7, 11) is 0. The zero-order chi connectivity index (χ0) is 15.4. The van der Waals surface area contributed by atoms with Crippen molar-refractivity contribution in [2.24, 2.45) is 0 Å². The number of anilines is 1. The van der Waals surface area contributed by atoms with E-state index in [0.29, 0.717) is 27.9 Å². The monoisotopic (exact) mass is 371 g/mol. The molecule has 6 heteroatoms. The Kier molecular flexibility index (Phi) is 5.36. The summed E-state index contributed by atoms with van der Waals surface area (Å²) in [5.74, 6) is -2.69. The lowest BCUT2D eigenvalue weighted by Gasteiger charge is -2.07. The van der Waals surface area contributed by atoms with Gasteiger partial charge < -0.3 is 5.32 Å². The fourth-order valence-electron chi connectivity index (χ4n) is 1.79. The molecule has 0 atom stereocenters. The topological polar surface area (TPSA) is 29.1 Å². The molecule has 2 aromatic carbocycles. The van der Waals surface area contributed by atoms with Gasteiger partial charge in [0.15, 0.2) is 0 Å². The smallest absolute Gasteiger partial charge is 0.288 e. The highest BCUT2D eigenvalue weighted by Gasteiger charge is 2.09. The summed E-state index contributed by atoms with van der Waals surface area (Å²) in [4.78, 5) is 12.6. The molecule has 0 aromatic heterocycles. The zero-order valence-corrected chi connectivity index (χ0v) is 13.5. The van der Waals surface area contributed by atoms with Crippen molar-refractivity contribution < 1.29 is 13.6 Å². The van der Waals surface area contributed by atoms with E-state index in [1.807, 2.05) is 13.0 Å². The normalized spacial score (nSPS) is 10.7. The first-order chi connectivity index (χ1) is 9.94. The third-order valence-electron chi connectivity index (χ3n) is 2.64. The Balaban J connectivity index is 2.08. The van der Waals surface area contributed by atoms with Gasteiger partial charge in [0, 0.05) is 20.6 Å². The minimum absolute atomic E-state index is 0.242. The lowest BCUT2D eigenvalue weighted by atomic mass is 10.1. The van der Waals surface area contributed by atoms with Crippen LogP contribution in [0.4, 0.5) is 14.5 Å². The molecule has 0 radical (unpaired) electrons. The number of aryl methyl sites for hydroxylation is 1. The van der Waals surface area contributed by atoms with Crippen molar-refractivity contribution >= 4 is 39.3 Å². The molecular weight excluding hydrogens is 360 g/mol. The standard InChI is InChI=1S/C15H12BrF2NOS/c1-9-6-10(8-11(16)7-9)14(20)19-12-2-4-13(5-3-12)21-15(17)18/h2-8,15H,1H3,(H,19,20). The van der Waals surface area contributed by atoms with Gasteiger partial charge in [-0.2, -0.15) is 8.78 Å². The summed E-state index contributed by atoms with van der Waals surface area (Å²) in [6, 6.07) is 11.7. The first-order valence-corrected chi connectivity index (χ1v) is 7.75. The van der Waals surface area contributed by atoms with Crippen LogP contribution in [-0.2, 0) is 0 Å². The van der Waals surface area contributed by atoms with Crippen molar-refractivity contribution in [2.75, 3.05) is 5.32 Å². The van der Waals surface area contributed by atoms with Gasteiger partial charge in [0.2, 0.25) is 0 Å². The van der Waals surface area contributed by atoms with E-state index in [9.17, 15) is 13.6 Å². The quantitative estimate of drug-likeness (QED) is 0.736. The molecule has 0 aliphatic rings. The van der Waals surface area contributed by atoms with Crippen LogP contribution in [0.3, 0.4) is 0 Å². The van der Waals surface area contributed by atoms with Crippen LogP contribution in [-0.4, -0.2) is 11.7 Å². The van der Waals surface area contributed by atoms with Crippen LogP contribution in [0.15, 0.2) is 51.8 Å². The number of thioether (sulfide) groups is 1. The Morgan fingerprint density at radius 1 is 1.19 bits per heavy atom. The molecule has 0 aliphatic heterocycles. The molecule has 1 N–H and O–H groups in total. The Bertz CT molecular complexity index is 626. The summed E-state index contributed by atoms with van der Waals surface area (Å²) in [5, 5.41) is 2.74. The van der Waals surface area contributed by atoms with Crippen LogP contribution in [0, 0.1) is 6.92 Å². The van der Waals surface area contributed by atoms with E-state index in [4.69, 9.17) is 0 Å². The van der Waals surface area contributed by atoms with E-state index < -0.39 is 5.76 Å². The molecule has 0 saturated carbocycles. The number of hydrogen-bond donors (Lipinski definition) is 1. The van der Waals surface area contributed by atoms with Crippen molar-refractivity contribution in [1.82, 2.24) is 0 Å². The predicted molar refractivity (Wildman–Crippen MR) is 85.1 cm³/mol. The summed E-state index contributed by atoms with van der Waals surface area (Å²) in [6.07, 6.45) is 0. The Hall–Kier alpha value is -1.40. The van der Waals surface area contributed by atoms with Gasteiger partial charge in [0.25, 0.3) is 11.7 Å². The van der Waals surface area contributed by atoms with Gasteiger partial charge >= 0.3 is 0 Å². The van der Waals surface area contributed by atoms with Gasteiger partial charge in [-0.15, -0.1) is 0 Å². The number of alkyl halides is 2. The van der Waals surface area contributed by atoms with Crippen molar-refractivity contribution in [1.29, 1.82) is 0 Å². The fourth-order valence-corrected chi connectivity index (χ4v) is 2.90. The average Bonchev–Trinajstić information content (AvgIpc) is 2.39. The minimum Gasteiger partial charge on any atom is -0.322 e. The molecule has 2 aromatic rings. The molecule has 2 nitrogen and oxygen atoms in total. The third kappa shape index (κ3) is 4.82. The lowest BCUT2D eigenvalue weighted by Crippen LogP contribution is -2.12. The van der Waals surface area contributed by atoms with Crippen molar-refractivity contribution in [2.45, 2.75) is 17.6 Å². The van der Waals surface area contributed by atoms with E-state index in [1.54, 1.807) is 36.4 Å². The first kappa shape index (κ1) is 16.0. The van der Waals surface area contributed by atoms with Crippen molar-refractivity contribution in [3.8, 4) is 0 Å². The fraction of sp³-hybridized carbons (Fsp3) is 0.133. The Morgan fingerprint density at radius 2 is 1.86 bits per heavy atom. The summed E-state index contributed by atoms with van der Waals surface area (Å²) >= 11 is 3.82. The van der Waals surface area contributed by atoms with E-state index in [1.165, 1.54) is 0 Å². The zero-order valence-electron chi connectivity index (χ0n) is 11.1. The molecule has 2 rings (SSSR count). The van der Waals surface area contributed by atoms with Crippen LogP contribution in [0.25, 0.3) is 0 Å². The SMILES string of the molecule is Cc1cc(Br)cc(C(=O)Nc2ccc(SC(F)F)cc2)c1. The summed E-state index contributed by atoms with van der Waals surface area (Å²) in [6.45, 7) is 1.90. The number of hydrogen-bond acceptors (Lipinski definition) is 2. The number of amides is 1. The molecule has 0 bridgehead atoms. The second-order valence-corrected chi connectivity index (χ2v) is 6.35. The van der Waals surface area contributed by atoms with E-state index >= 15 is 0 Å². The molecule has 110 valence electrons. The van der Waals surface area contributed by atoms with Crippen LogP contribution < -0.4 is 5.32 Å². The predicted octanol–water partition coefficient (Wildman–Crippen LogP) is 5.32. The van der Waals surface area contributed by atoms with Gasteiger partial charge in [0.1, 0.15) is 0 Å². The molecule has 21 heavy (non-hydrogen) atoms. The number of nitrogens with one attached hydrogen (secondary N) is 1. The van der Waals surface area contributed by atoms with Crippen molar-refractivity contribution in [3.05, 3.63) is 58.1 Å². The molecular formula is C15H12BrF2NOS. The van der Waals surface area contributed by atoms with Crippen molar-refractivity contribution in [3.63, 3.8) is 0 Å². The maximum atomic E-state index is 12.2. The van der Waals surface area contributed by atoms with Gasteiger partial charge in [-0.3, -0.25) is 4.79 Å². The lowest BCUT2D eigenvalue weighted by molar-refractivity contribution is 0.102. The summed E-state index contributed by atoms with van der Waals surface area (Å²) < 4.78 is 25.3. The number of carbonyl (C=O) groups excluding carboxylic acids is 1. The van der Waals surface area contributed by atoms with Gasteiger partial charge in [-0.1, -0.05) is 27.7 Å². The molecule has 0 fully saturated rings. The number of benzene rings is 2. The minimum atomic E-state index is -2.45. The Morgan fingerprint density at radius 3 is 2.43 bits per heavy atom. The average molecular weight is 372 g/mol. The van der Waals surface area contributed by atoms with E-state index in [0.717, 1.165) is 10.0 Å². The molecule has 0 unspecified atom stereocenters. The third-order valence-corrected chi connectivity index (χ3v) is 3.82. The number of rotatable bonds is 4. The highest BCUT2D eigenvalue weighted by molar-refractivity contribution is 9.10. The van der Waals surface area contributed by atoms with E-state index in [-0.39, 0.29) is 5.91 Å². The van der Waals surface area contributed by atoms with Crippen LogP contribution in [0.1, 0.15) is 15.9 Å². The second-order valence-electron chi connectivity index (χ2n) is 4.37. The van der Waals surface area contributed by atoms with Gasteiger partial charge in [-0.05, 0) is 55.0 Å². The maximum absolute atomic E-state index is 12.2. The first-order valence-electron chi connectivity index (χ1n) is 6.07. The highest BCUT2D eigenvalue weighted by atomic mass is 79.9. The Labute approximate surface area is 134 Å². The molecule has 0 spiro atoms. The molecule has 1 amide bonds. The summed E-state index contributed by atoms with van der Waals surface area (Å²) in [5.41, 5.74) is 2.07. The van der Waals surface area contributed by atoms with Crippen LogP contribution >= 0.6 is 27.7 Å². The second kappa shape index (κ2) is 7.04. The highest BCUT2D eigenvalue weighted by Crippen LogP contribution is 2.26.